The van der Waals surface area contributed by atoms with Crippen LogP contribution in [0.1, 0.15) is 6.42 Å². The minimum atomic E-state index is -0.288. The molecule has 1 atom stereocenters. The van der Waals surface area contributed by atoms with Crippen LogP contribution >= 0.6 is 0 Å². The number of amides is 1. The van der Waals surface area contributed by atoms with Crippen LogP contribution in [0.5, 0.6) is 0 Å². The lowest BCUT2D eigenvalue weighted by Crippen LogP contribution is -2.21. The van der Waals surface area contributed by atoms with Crippen LogP contribution in [-0.4, -0.2) is 15.9 Å². The zero-order chi connectivity index (χ0) is 17.9. The van der Waals surface area contributed by atoms with E-state index in [1.807, 2.05) is 30.3 Å². The molecule has 6 nitrogen and oxygen atoms in total. The number of nitrogens with zero attached hydrogens (tertiary/aromatic N) is 3. The van der Waals surface area contributed by atoms with Crippen molar-refractivity contribution in [2.45, 2.75) is 6.42 Å². The second-order valence-electron chi connectivity index (χ2n) is 5.89. The summed E-state index contributed by atoms with van der Waals surface area (Å²) >= 11 is 0. The maximum atomic E-state index is 12.4. The van der Waals surface area contributed by atoms with Gasteiger partial charge in [-0.25, -0.2) is 4.98 Å². The van der Waals surface area contributed by atoms with Crippen molar-refractivity contribution >= 4 is 22.8 Å². The van der Waals surface area contributed by atoms with E-state index in [2.05, 4.69) is 21.4 Å². The van der Waals surface area contributed by atoms with E-state index in [4.69, 9.17) is 9.68 Å². The van der Waals surface area contributed by atoms with Crippen LogP contribution in [0.2, 0.25) is 0 Å². The van der Waals surface area contributed by atoms with Gasteiger partial charge in [0.1, 0.15) is 0 Å². The number of hydrogen-bond donors (Lipinski definition) is 1. The average molecular weight is 342 g/mol. The number of aromatic nitrogens is 2. The molecule has 2 heterocycles. The molecule has 3 aromatic rings. The van der Waals surface area contributed by atoms with Gasteiger partial charge < -0.3 is 9.73 Å². The largest absolute Gasteiger partial charge is 0.434 e. The quantitative estimate of drug-likeness (QED) is 0.780. The minimum Gasteiger partial charge on any atom is -0.434 e. The summed E-state index contributed by atoms with van der Waals surface area (Å²) in [7, 11) is 0. The van der Waals surface area contributed by atoms with Crippen molar-refractivity contribution in [1.29, 1.82) is 5.26 Å². The van der Waals surface area contributed by atoms with Gasteiger partial charge in [-0.2, -0.15) is 10.2 Å². The molecule has 126 valence electrons. The molecule has 0 saturated carbocycles. The fraction of sp³-hybridized carbons (Fsp3) is 0.100. The van der Waals surface area contributed by atoms with Crippen LogP contribution in [0.3, 0.4) is 0 Å². The number of carbonyl (C=O) groups excluding carboxylic acids is 1. The number of allylic oxidation sites excluding steroid dienone is 3. The Balaban J connectivity index is 1.53. The summed E-state index contributed by atoms with van der Waals surface area (Å²) in [5.74, 6) is 0.0455. The fourth-order valence-corrected chi connectivity index (χ4v) is 2.76. The number of rotatable bonds is 3. The van der Waals surface area contributed by atoms with E-state index in [0.717, 1.165) is 5.56 Å². The Morgan fingerprint density at radius 3 is 3.00 bits per heavy atom. The Morgan fingerprint density at radius 1 is 1.31 bits per heavy atom. The highest BCUT2D eigenvalue weighted by Gasteiger charge is 2.18. The molecule has 1 aliphatic carbocycles. The molecular weight excluding hydrogens is 328 g/mol. The van der Waals surface area contributed by atoms with Gasteiger partial charge in [0.15, 0.2) is 11.2 Å². The Bertz CT molecular complexity index is 1060. The van der Waals surface area contributed by atoms with E-state index in [1.54, 1.807) is 30.5 Å². The summed E-state index contributed by atoms with van der Waals surface area (Å²) in [6.45, 7) is 0. The lowest BCUT2D eigenvalue weighted by atomic mass is 9.96. The molecule has 1 amide bonds. The van der Waals surface area contributed by atoms with Crippen molar-refractivity contribution in [2.75, 3.05) is 5.32 Å². The van der Waals surface area contributed by atoms with E-state index in [-0.39, 0.29) is 11.8 Å². The number of benzene rings is 1. The normalized spacial score (nSPS) is 16.1. The van der Waals surface area contributed by atoms with Crippen molar-refractivity contribution < 1.29 is 9.21 Å². The zero-order valence-corrected chi connectivity index (χ0v) is 13.7. The topological polar surface area (TPSA) is 91.8 Å². The third kappa shape index (κ3) is 3.10. The summed E-state index contributed by atoms with van der Waals surface area (Å²) < 4.78 is 5.72. The first kappa shape index (κ1) is 15.8. The molecule has 6 heteroatoms. The summed E-state index contributed by atoms with van der Waals surface area (Å²) in [4.78, 5) is 21.0. The fourth-order valence-electron chi connectivity index (χ4n) is 2.76. The third-order valence-corrected chi connectivity index (χ3v) is 4.11. The minimum absolute atomic E-state index is 0.120. The predicted octanol–water partition coefficient (Wildman–Crippen LogP) is 3.85. The Labute approximate surface area is 149 Å². The first-order chi connectivity index (χ1) is 12.7. The first-order valence-electron chi connectivity index (χ1n) is 8.14. The van der Waals surface area contributed by atoms with Crippen LogP contribution in [0, 0.1) is 17.2 Å². The van der Waals surface area contributed by atoms with E-state index in [1.165, 1.54) is 0 Å². The second kappa shape index (κ2) is 6.65. The monoisotopic (exact) mass is 342 g/mol. The van der Waals surface area contributed by atoms with Gasteiger partial charge in [0.05, 0.1) is 12.0 Å². The molecular formula is C20H14N4O2. The maximum absolute atomic E-state index is 12.4. The molecule has 4 rings (SSSR count). The van der Waals surface area contributed by atoms with Gasteiger partial charge in [-0.1, -0.05) is 18.2 Å². The molecule has 26 heavy (non-hydrogen) atoms. The van der Waals surface area contributed by atoms with Crippen LogP contribution in [0.15, 0.2) is 70.8 Å². The number of nitrogens with one attached hydrogen (secondary N) is 1. The highest BCUT2D eigenvalue weighted by atomic mass is 16.3. The number of nitriles is 1. The van der Waals surface area contributed by atoms with Gasteiger partial charge in [-0.3, -0.25) is 4.79 Å². The van der Waals surface area contributed by atoms with Crippen LogP contribution in [0.25, 0.3) is 22.7 Å². The predicted molar refractivity (Wildman–Crippen MR) is 96.8 cm³/mol. The molecule has 2 aromatic heterocycles. The van der Waals surface area contributed by atoms with Gasteiger partial charge in [0, 0.05) is 23.0 Å². The first-order valence-corrected chi connectivity index (χ1v) is 8.14. The zero-order valence-electron chi connectivity index (χ0n) is 13.7. The van der Waals surface area contributed by atoms with Crippen LogP contribution in [-0.2, 0) is 4.79 Å². The SMILES string of the molecule is N#CC1=CCC(C(=O)Nc2cccc(-c3nc4ncccc4o3)c2)C=C1. The lowest BCUT2D eigenvalue weighted by molar-refractivity contribution is -0.118. The molecule has 1 unspecified atom stereocenters. The summed E-state index contributed by atoms with van der Waals surface area (Å²) in [6, 6.07) is 13.0. The van der Waals surface area contributed by atoms with Gasteiger partial charge >= 0.3 is 0 Å². The highest BCUT2D eigenvalue weighted by molar-refractivity contribution is 5.94. The summed E-state index contributed by atoms with van der Waals surface area (Å²) in [5.41, 5.74) is 3.16. The van der Waals surface area contributed by atoms with Crippen molar-refractivity contribution in [1.82, 2.24) is 9.97 Å². The number of carbonyl (C=O) groups is 1. The van der Waals surface area contributed by atoms with Crippen molar-refractivity contribution in [3.05, 3.63) is 66.4 Å². The maximum Gasteiger partial charge on any atom is 0.231 e. The van der Waals surface area contributed by atoms with E-state index in [9.17, 15) is 4.79 Å². The number of oxazole rings is 1. The molecule has 0 fully saturated rings. The molecule has 0 bridgehead atoms. The van der Waals surface area contributed by atoms with E-state index >= 15 is 0 Å². The summed E-state index contributed by atoms with van der Waals surface area (Å²) in [6.07, 6.45) is 7.38. The van der Waals surface area contributed by atoms with Crippen molar-refractivity contribution in [3.8, 4) is 17.5 Å². The van der Waals surface area contributed by atoms with Crippen molar-refractivity contribution in [3.63, 3.8) is 0 Å². The number of anilines is 1. The Morgan fingerprint density at radius 2 is 2.23 bits per heavy atom. The third-order valence-electron chi connectivity index (χ3n) is 4.11. The molecule has 1 aliphatic rings. The molecule has 1 aromatic carbocycles. The van der Waals surface area contributed by atoms with Gasteiger partial charge in [-0.05, 0) is 42.8 Å². The number of fused-ring (bicyclic) bond motifs is 1. The van der Waals surface area contributed by atoms with E-state index in [0.29, 0.717) is 34.8 Å². The van der Waals surface area contributed by atoms with Crippen LogP contribution in [0.4, 0.5) is 5.69 Å². The second-order valence-corrected chi connectivity index (χ2v) is 5.89. The highest BCUT2D eigenvalue weighted by Crippen LogP contribution is 2.26. The Kier molecular flexibility index (Phi) is 4.04. The molecule has 0 spiro atoms. The molecule has 1 N–H and O–H groups in total. The average Bonchev–Trinajstić information content (AvgIpc) is 3.12. The Hall–Kier alpha value is -3.72. The standard InChI is InChI=1S/C20H14N4O2/c21-12-13-6-8-14(9-7-13)19(25)23-16-4-1-3-15(11-16)20-24-18-17(26-20)5-2-10-22-18/h1-8,10-11,14H,9H2,(H,23,25). The molecule has 0 radical (unpaired) electrons. The lowest BCUT2D eigenvalue weighted by Gasteiger charge is -2.14. The van der Waals surface area contributed by atoms with Gasteiger partial charge in [0.25, 0.3) is 0 Å². The number of hydrogen-bond acceptors (Lipinski definition) is 5. The van der Waals surface area contributed by atoms with Gasteiger partial charge in [-0.15, -0.1) is 0 Å². The summed E-state index contributed by atoms with van der Waals surface area (Å²) in [5, 5.41) is 11.8. The van der Waals surface area contributed by atoms with Crippen LogP contribution < -0.4 is 5.32 Å². The van der Waals surface area contributed by atoms with Crippen molar-refractivity contribution in [2.24, 2.45) is 5.92 Å². The number of pyridine rings is 1. The van der Waals surface area contributed by atoms with Gasteiger partial charge in [0.2, 0.25) is 11.8 Å². The smallest absolute Gasteiger partial charge is 0.231 e. The molecule has 0 aliphatic heterocycles. The van der Waals surface area contributed by atoms with E-state index < -0.39 is 0 Å². The molecule has 0 saturated heterocycles.